The molecule has 1 aromatic heterocycles. The third-order valence-corrected chi connectivity index (χ3v) is 4.09. The third-order valence-electron chi connectivity index (χ3n) is 2.91. The SMILES string of the molecule is CC(C)Cc1sc(Cl)nc1C(=O)Nc1ccc(C(N)=O)cc1. The van der Waals surface area contributed by atoms with Crippen molar-refractivity contribution in [3.05, 3.63) is 44.9 Å². The van der Waals surface area contributed by atoms with Crippen molar-refractivity contribution in [3.8, 4) is 0 Å². The van der Waals surface area contributed by atoms with E-state index in [0.29, 0.717) is 27.3 Å². The van der Waals surface area contributed by atoms with Gasteiger partial charge in [-0.15, -0.1) is 11.3 Å². The highest BCUT2D eigenvalue weighted by Crippen LogP contribution is 2.26. The van der Waals surface area contributed by atoms with Crippen molar-refractivity contribution >= 4 is 40.4 Å². The number of nitrogens with one attached hydrogen (secondary N) is 1. The molecule has 1 heterocycles. The molecule has 1 aromatic carbocycles. The zero-order chi connectivity index (χ0) is 16.3. The predicted octanol–water partition coefficient (Wildman–Crippen LogP) is 3.35. The fourth-order valence-electron chi connectivity index (χ4n) is 1.92. The molecule has 2 amide bonds. The number of halogens is 1. The molecular weight excluding hydrogens is 322 g/mol. The molecule has 0 unspecified atom stereocenters. The molecular formula is C15H16ClN3O2S. The van der Waals surface area contributed by atoms with Gasteiger partial charge in [-0.25, -0.2) is 4.98 Å². The number of benzene rings is 1. The Morgan fingerprint density at radius 1 is 1.32 bits per heavy atom. The maximum atomic E-state index is 12.3. The van der Waals surface area contributed by atoms with Gasteiger partial charge in [0.15, 0.2) is 4.47 Å². The second-order valence-electron chi connectivity index (χ2n) is 5.23. The molecule has 2 aromatic rings. The Morgan fingerprint density at radius 3 is 2.50 bits per heavy atom. The summed E-state index contributed by atoms with van der Waals surface area (Å²) in [5, 5.41) is 2.75. The second kappa shape index (κ2) is 6.89. The summed E-state index contributed by atoms with van der Waals surface area (Å²) in [6.07, 6.45) is 0.744. The Balaban J connectivity index is 2.16. The van der Waals surface area contributed by atoms with Gasteiger partial charge < -0.3 is 11.1 Å². The van der Waals surface area contributed by atoms with E-state index in [0.717, 1.165) is 11.3 Å². The number of nitrogens with zero attached hydrogens (tertiary/aromatic N) is 1. The topological polar surface area (TPSA) is 85.1 Å². The highest BCUT2D eigenvalue weighted by molar-refractivity contribution is 7.16. The van der Waals surface area contributed by atoms with E-state index in [9.17, 15) is 9.59 Å². The number of carbonyl (C=O) groups excluding carboxylic acids is 2. The number of carbonyl (C=O) groups is 2. The maximum absolute atomic E-state index is 12.3. The molecule has 5 nitrogen and oxygen atoms in total. The van der Waals surface area contributed by atoms with Crippen molar-refractivity contribution in [2.75, 3.05) is 5.32 Å². The number of primary amides is 1. The smallest absolute Gasteiger partial charge is 0.275 e. The number of rotatable bonds is 5. The van der Waals surface area contributed by atoms with E-state index in [1.165, 1.54) is 11.3 Å². The van der Waals surface area contributed by atoms with Crippen molar-refractivity contribution in [2.45, 2.75) is 20.3 Å². The van der Waals surface area contributed by atoms with Crippen molar-refractivity contribution < 1.29 is 9.59 Å². The molecule has 2 rings (SSSR count). The summed E-state index contributed by atoms with van der Waals surface area (Å²) in [5.41, 5.74) is 6.47. The van der Waals surface area contributed by atoms with E-state index in [1.54, 1.807) is 24.3 Å². The monoisotopic (exact) mass is 337 g/mol. The van der Waals surface area contributed by atoms with Gasteiger partial charge in [-0.05, 0) is 36.6 Å². The minimum absolute atomic E-state index is 0.314. The van der Waals surface area contributed by atoms with Crippen LogP contribution in [0.3, 0.4) is 0 Å². The quantitative estimate of drug-likeness (QED) is 0.877. The van der Waals surface area contributed by atoms with Crippen molar-refractivity contribution in [1.82, 2.24) is 4.98 Å². The summed E-state index contributed by atoms with van der Waals surface area (Å²) in [4.78, 5) is 28.3. The van der Waals surface area contributed by atoms with Gasteiger partial charge in [-0.1, -0.05) is 25.4 Å². The summed E-state index contributed by atoms with van der Waals surface area (Å²) in [6, 6.07) is 6.35. The average molecular weight is 338 g/mol. The standard InChI is InChI=1S/C15H16ClN3O2S/c1-8(2)7-11-12(19-15(16)22-11)14(21)18-10-5-3-9(4-6-10)13(17)20/h3-6,8H,7H2,1-2H3,(H2,17,20)(H,18,21). The van der Waals surface area contributed by atoms with Crippen LogP contribution in [0.1, 0.15) is 39.6 Å². The predicted molar refractivity (Wildman–Crippen MR) is 88.6 cm³/mol. The molecule has 0 saturated carbocycles. The van der Waals surface area contributed by atoms with Crippen LogP contribution in [0.25, 0.3) is 0 Å². The van der Waals surface area contributed by atoms with E-state index in [4.69, 9.17) is 17.3 Å². The molecule has 0 bridgehead atoms. The van der Waals surface area contributed by atoms with Gasteiger partial charge in [0, 0.05) is 16.1 Å². The molecule has 0 spiro atoms. The number of anilines is 1. The number of hydrogen-bond acceptors (Lipinski definition) is 4. The average Bonchev–Trinajstić information content (AvgIpc) is 2.79. The van der Waals surface area contributed by atoms with E-state index >= 15 is 0 Å². The van der Waals surface area contributed by atoms with Crippen molar-refractivity contribution in [3.63, 3.8) is 0 Å². The number of nitrogens with two attached hydrogens (primary N) is 1. The van der Waals surface area contributed by atoms with Crippen LogP contribution >= 0.6 is 22.9 Å². The summed E-state index contributed by atoms with van der Waals surface area (Å²) in [6.45, 7) is 4.13. The van der Waals surface area contributed by atoms with Crippen LogP contribution < -0.4 is 11.1 Å². The zero-order valence-electron chi connectivity index (χ0n) is 12.2. The van der Waals surface area contributed by atoms with E-state index in [-0.39, 0.29) is 5.91 Å². The van der Waals surface area contributed by atoms with E-state index < -0.39 is 5.91 Å². The fraction of sp³-hybridized carbons (Fsp3) is 0.267. The second-order valence-corrected chi connectivity index (χ2v) is 6.90. The summed E-state index contributed by atoms with van der Waals surface area (Å²) in [5.74, 6) is -0.424. The third kappa shape index (κ3) is 4.05. The normalized spacial score (nSPS) is 10.7. The summed E-state index contributed by atoms with van der Waals surface area (Å²) >= 11 is 7.25. The van der Waals surface area contributed by atoms with E-state index in [2.05, 4.69) is 24.1 Å². The molecule has 0 atom stereocenters. The van der Waals surface area contributed by atoms with Crippen LogP contribution in [-0.2, 0) is 6.42 Å². The van der Waals surface area contributed by atoms with Gasteiger partial charge in [0.1, 0.15) is 5.69 Å². The first-order valence-corrected chi connectivity index (χ1v) is 7.92. The van der Waals surface area contributed by atoms with Gasteiger partial charge in [0.25, 0.3) is 5.91 Å². The fourth-order valence-corrected chi connectivity index (χ4v) is 3.27. The Labute approximate surface area is 137 Å². The van der Waals surface area contributed by atoms with E-state index in [1.807, 2.05) is 0 Å². The van der Waals surface area contributed by atoms with Gasteiger partial charge in [0.05, 0.1) is 0 Å². The molecule has 0 aliphatic heterocycles. The summed E-state index contributed by atoms with van der Waals surface area (Å²) < 4.78 is 0.352. The number of aromatic nitrogens is 1. The van der Waals surface area contributed by atoms with Crippen molar-refractivity contribution in [2.24, 2.45) is 11.7 Å². The number of hydrogen-bond donors (Lipinski definition) is 2. The van der Waals surface area contributed by atoms with Gasteiger partial charge in [0.2, 0.25) is 5.91 Å². The molecule has 22 heavy (non-hydrogen) atoms. The lowest BCUT2D eigenvalue weighted by molar-refractivity contribution is 0.0997. The first kappa shape index (κ1) is 16.5. The highest BCUT2D eigenvalue weighted by atomic mass is 35.5. The lowest BCUT2D eigenvalue weighted by Crippen LogP contribution is -2.15. The molecule has 0 saturated heterocycles. The Kier molecular flexibility index (Phi) is 5.15. The van der Waals surface area contributed by atoms with Crippen LogP contribution in [0.5, 0.6) is 0 Å². The van der Waals surface area contributed by atoms with Crippen LogP contribution in [-0.4, -0.2) is 16.8 Å². The maximum Gasteiger partial charge on any atom is 0.275 e. The molecule has 0 aliphatic carbocycles. The van der Waals surface area contributed by atoms with Crippen LogP contribution in [0.2, 0.25) is 4.47 Å². The lowest BCUT2D eigenvalue weighted by Gasteiger charge is -2.07. The van der Waals surface area contributed by atoms with Gasteiger partial charge in [-0.2, -0.15) is 0 Å². The highest BCUT2D eigenvalue weighted by Gasteiger charge is 2.18. The van der Waals surface area contributed by atoms with Crippen LogP contribution in [0, 0.1) is 5.92 Å². The number of thiazole rings is 1. The Hall–Kier alpha value is -1.92. The minimum Gasteiger partial charge on any atom is -0.366 e. The molecule has 0 aliphatic rings. The Bertz CT molecular complexity index is 695. The largest absolute Gasteiger partial charge is 0.366 e. The first-order valence-electron chi connectivity index (χ1n) is 6.73. The minimum atomic E-state index is -0.511. The van der Waals surface area contributed by atoms with Crippen LogP contribution in [0.4, 0.5) is 5.69 Å². The molecule has 3 N–H and O–H groups in total. The Morgan fingerprint density at radius 2 is 1.95 bits per heavy atom. The molecule has 0 radical (unpaired) electrons. The molecule has 116 valence electrons. The van der Waals surface area contributed by atoms with Crippen molar-refractivity contribution in [1.29, 1.82) is 0 Å². The summed E-state index contributed by atoms with van der Waals surface area (Å²) in [7, 11) is 0. The van der Waals surface area contributed by atoms with Crippen LogP contribution in [0.15, 0.2) is 24.3 Å². The molecule has 7 heteroatoms. The van der Waals surface area contributed by atoms with Gasteiger partial charge in [-0.3, -0.25) is 9.59 Å². The molecule has 0 fully saturated rings. The van der Waals surface area contributed by atoms with Gasteiger partial charge >= 0.3 is 0 Å². The first-order chi connectivity index (χ1) is 10.4. The number of amides is 2. The zero-order valence-corrected chi connectivity index (χ0v) is 13.8. The lowest BCUT2D eigenvalue weighted by atomic mass is 10.1.